The number of piperidine rings is 2. The van der Waals surface area contributed by atoms with E-state index in [2.05, 4.69) is 93.1 Å². The van der Waals surface area contributed by atoms with Crippen LogP contribution in [0.5, 0.6) is 0 Å². The smallest absolute Gasteiger partial charge is 0.324 e. The van der Waals surface area contributed by atoms with Crippen molar-refractivity contribution >= 4 is 11.9 Å². The van der Waals surface area contributed by atoms with Gasteiger partial charge in [-0.3, -0.25) is 19.4 Å². The Bertz CT molecular complexity index is 1230. The molecule has 0 N–H and O–H groups in total. The van der Waals surface area contributed by atoms with Gasteiger partial charge in [0.05, 0.1) is 0 Å². The number of carbonyl (C=O) groups is 2. The van der Waals surface area contributed by atoms with E-state index in [1.54, 1.807) is 0 Å². The van der Waals surface area contributed by atoms with Crippen molar-refractivity contribution in [3.63, 3.8) is 0 Å². The van der Waals surface area contributed by atoms with Crippen LogP contribution in [-0.4, -0.2) is 70.2 Å². The third kappa shape index (κ3) is 6.74. The third-order valence-electron chi connectivity index (χ3n) is 12.3. The molecule has 2 aliphatic rings. The quantitative estimate of drug-likeness (QED) is 0.228. The Morgan fingerprint density at radius 3 is 1.27 bits per heavy atom. The molecule has 0 bridgehead atoms. The summed E-state index contributed by atoms with van der Waals surface area (Å²) in [5.74, 6) is -0.881. The van der Waals surface area contributed by atoms with Gasteiger partial charge in [-0.1, -0.05) is 74.5 Å². The maximum Gasteiger partial charge on any atom is 0.324 e. The summed E-state index contributed by atoms with van der Waals surface area (Å²) in [4.78, 5) is 34.6. The molecule has 45 heavy (non-hydrogen) atoms. The minimum atomic E-state index is -1.56. The van der Waals surface area contributed by atoms with Crippen molar-refractivity contribution in [2.45, 2.75) is 129 Å². The van der Waals surface area contributed by atoms with Gasteiger partial charge in [-0.2, -0.15) is 0 Å². The van der Waals surface area contributed by atoms with Gasteiger partial charge in [0.25, 0.3) is 0 Å². The highest BCUT2D eigenvalue weighted by atomic mass is 16.6. The molecule has 2 aromatic rings. The van der Waals surface area contributed by atoms with E-state index in [9.17, 15) is 9.59 Å². The van der Waals surface area contributed by atoms with Crippen molar-refractivity contribution < 1.29 is 19.1 Å². The zero-order valence-electron chi connectivity index (χ0n) is 29.9. The van der Waals surface area contributed by atoms with Crippen molar-refractivity contribution in [1.29, 1.82) is 0 Å². The summed E-state index contributed by atoms with van der Waals surface area (Å²) < 4.78 is 13.2. The molecule has 6 heteroatoms. The van der Waals surface area contributed by atoms with E-state index in [-0.39, 0.29) is 59.0 Å². The Balaban J connectivity index is 1.80. The number of esters is 2. The number of ether oxygens (including phenoxy) is 2. The van der Waals surface area contributed by atoms with Crippen molar-refractivity contribution in [2.24, 2.45) is 17.3 Å². The number of hydrogen-bond donors (Lipinski definition) is 0. The van der Waals surface area contributed by atoms with Crippen molar-refractivity contribution in [3.05, 3.63) is 71.8 Å². The van der Waals surface area contributed by atoms with Gasteiger partial charge in [0, 0.05) is 46.8 Å². The molecule has 2 aliphatic heterocycles. The molecule has 248 valence electrons. The number of rotatable bonds is 8. The Labute approximate surface area is 272 Å². The highest BCUT2D eigenvalue weighted by Gasteiger charge is 2.56. The van der Waals surface area contributed by atoms with Crippen LogP contribution in [0.15, 0.2) is 60.7 Å². The second-order valence-corrected chi connectivity index (χ2v) is 16.3. The molecule has 2 fully saturated rings. The van der Waals surface area contributed by atoms with E-state index in [0.29, 0.717) is 12.8 Å². The maximum absolute atomic E-state index is 14.9. The summed E-state index contributed by atoms with van der Waals surface area (Å²) in [5, 5.41) is 0. The predicted molar refractivity (Wildman–Crippen MR) is 182 cm³/mol. The molecule has 6 nitrogen and oxygen atoms in total. The van der Waals surface area contributed by atoms with Crippen LogP contribution in [0.2, 0.25) is 0 Å². The first-order valence-electron chi connectivity index (χ1n) is 16.7. The zero-order chi connectivity index (χ0) is 33.6. The van der Waals surface area contributed by atoms with Gasteiger partial charge in [0.15, 0.2) is 5.41 Å². The third-order valence-corrected chi connectivity index (χ3v) is 12.3. The highest BCUT2D eigenvalue weighted by Crippen LogP contribution is 2.45. The lowest BCUT2D eigenvalue weighted by Crippen LogP contribution is -2.65. The number of nitrogens with zero attached hydrogens (tertiary/aromatic N) is 2. The molecule has 2 heterocycles. The monoisotopic (exact) mass is 618 g/mol. The second kappa shape index (κ2) is 12.5. The van der Waals surface area contributed by atoms with Crippen molar-refractivity contribution in [2.75, 3.05) is 14.1 Å². The van der Waals surface area contributed by atoms with Crippen LogP contribution in [0, 0.1) is 17.3 Å². The summed E-state index contributed by atoms with van der Waals surface area (Å²) in [7, 11) is 4.29. The van der Waals surface area contributed by atoms with Crippen LogP contribution in [-0.2, 0) is 31.9 Å². The van der Waals surface area contributed by atoms with Crippen LogP contribution in [0.3, 0.4) is 0 Å². The van der Waals surface area contributed by atoms with Crippen LogP contribution >= 0.6 is 0 Å². The van der Waals surface area contributed by atoms with Crippen LogP contribution in [0.1, 0.15) is 93.2 Å². The fourth-order valence-electron chi connectivity index (χ4n) is 7.80. The van der Waals surface area contributed by atoms with Crippen molar-refractivity contribution in [3.8, 4) is 0 Å². The number of likely N-dealkylation sites (tertiary alicyclic amines) is 2. The zero-order valence-corrected chi connectivity index (χ0v) is 29.9. The normalized spacial score (nSPS) is 27.8. The minimum Gasteiger partial charge on any atom is -0.461 e. The Kier molecular flexibility index (Phi) is 9.75. The molecule has 0 amide bonds. The SMILES string of the molecule is CC1C(OC(=O)C(Cc2ccccc2)(Cc2ccccc2)C(=O)OC2CC(C)(C)N(C)C(C)(C)C2C)CC(C)(C)N(C)C1(C)C. The molecule has 0 aliphatic carbocycles. The van der Waals surface area contributed by atoms with Gasteiger partial charge < -0.3 is 9.47 Å². The molecule has 2 aromatic carbocycles. The first kappa shape index (κ1) is 35.2. The number of carbonyl (C=O) groups excluding carboxylic acids is 2. The lowest BCUT2D eigenvalue weighted by Gasteiger charge is -2.57. The molecule has 4 rings (SSSR count). The molecule has 0 saturated carbocycles. The van der Waals surface area contributed by atoms with E-state index >= 15 is 0 Å². The molecule has 0 spiro atoms. The lowest BCUT2D eigenvalue weighted by atomic mass is 9.71. The van der Waals surface area contributed by atoms with Crippen LogP contribution in [0.4, 0.5) is 0 Å². The average molecular weight is 619 g/mol. The Morgan fingerprint density at radius 1 is 0.644 bits per heavy atom. The van der Waals surface area contributed by atoms with Gasteiger partial charge in [-0.05, 0) is 93.5 Å². The first-order chi connectivity index (χ1) is 20.8. The van der Waals surface area contributed by atoms with Gasteiger partial charge in [-0.15, -0.1) is 0 Å². The summed E-state index contributed by atoms with van der Waals surface area (Å²) in [6, 6.07) is 19.6. The molecule has 4 atom stereocenters. The summed E-state index contributed by atoms with van der Waals surface area (Å²) in [5.41, 5.74) is -0.566. The fourth-order valence-corrected chi connectivity index (χ4v) is 7.80. The summed E-state index contributed by atoms with van der Waals surface area (Å²) in [6.45, 7) is 21.9. The molecular weight excluding hydrogens is 560 g/mol. The summed E-state index contributed by atoms with van der Waals surface area (Å²) in [6.07, 6.45) is 1.05. The molecule has 0 radical (unpaired) electrons. The van der Waals surface area contributed by atoms with E-state index in [1.165, 1.54) is 0 Å². The van der Waals surface area contributed by atoms with Crippen molar-refractivity contribution in [1.82, 2.24) is 9.80 Å². The molecular formula is C39H58N2O4. The molecule has 4 unspecified atom stereocenters. The highest BCUT2D eigenvalue weighted by molar-refractivity contribution is 6.01. The fraction of sp³-hybridized carbons (Fsp3) is 0.641. The predicted octanol–water partition coefficient (Wildman–Crippen LogP) is 7.34. The first-order valence-corrected chi connectivity index (χ1v) is 16.7. The maximum atomic E-state index is 14.9. The van der Waals surface area contributed by atoms with Crippen LogP contribution < -0.4 is 0 Å². The second-order valence-electron chi connectivity index (χ2n) is 16.3. The van der Waals surface area contributed by atoms with Crippen LogP contribution in [0.25, 0.3) is 0 Å². The lowest BCUT2D eigenvalue weighted by molar-refractivity contribution is -0.195. The van der Waals surface area contributed by atoms with E-state index < -0.39 is 17.4 Å². The Hall–Kier alpha value is -2.70. The van der Waals surface area contributed by atoms with E-state index in [4.69, 9.17) is 9.47 Å². The number of hydrogen-bond acceptors (Lipinski definition) is 6. The van der Waals surface area contributed by atoms with Gasteiger partial charge in [-0.25, -0.2) is 0 Å². The molecule has 2 saturated heterocycles. The topological polar surface area (TPSA) is 59.1 Å². The largest absolute Gasteiger partial charge is 0.461 e. The number of benzene rings is 2. The minimum absolute atomic E-state index is 0.0529. The summed E-state index contributed by atoms with van der Waals surface area (Å²) >= 11 is 0. The van der Waals surface area contributed by atoms with Gasteiger partial charge >= 0.3 is 11.9 Å². The molecule has 0 aromatic heterocycles. The standard InChI is InChI=1S/C39H58N2O4/c1-27-31(25-35(3,4)40(11)37(27,7)8)44-33(42)39(23-29-19-15-13-16-20-29,24-30-21-17-14-18-22-30)34(43)45-32-26-36(5,6)41(12)38(9,10)28(32)2/h13-22,27-28,31-32H,23-26H2,1-12H3. The average Bonchev–Trinajstić information content (AvgIpc) is 2.97. The van der Waals surface area contributed by atoms with Gasteiger partial charge in [0.2, 0.25) is 0 Å². The van der Waals surface area contributed by atoms with Gasteiger partial charge in [0.1, 0.15) is 12.2 Å². The Morgan fingerprint density at radius 2 is 0.956 bits per heavy atom. The van der Waals surface area contributed by atoms with E-state index in [0.717, 1.165) is 11.1 Å². The van der Waals surface area contributed by atoms with E-state index in [1.807, 2.05) is 60.7 Å².